The van der Waals surface area contributed by atoms with Crippen LogP contribution in [0.3, 0.4) is 0 Å². The number of hydrogen-bond acceptors (Lipinski definition) is 4. The first kappa shape index (κ1) is 8.49. The minimum Gasteiger partial charge on any atom is -0.461 e. The predicted octanol–water partition coefficient (Wildman–Crippen LogP) is -0.760. The van der Waals surface area contributed by atoms with Crippen LogP contribution in [0.2, 0.25) is 0 Å². The Morgan fingerprint density at radius 1 is 1.55 bits per heavy atom. The Kier molecular flexibility index (Phi) is 3.32. The van der Waals surface area contributed by atoms with E-state index in [9.17, 15) is 4.79 Å². The molecule has 1 fully saturated rings. The Hall–Kier alpha value is -0.610. The number of carbonyl (C=O) groups excluding carboxylic acids is 1. The first-order valence-corrected chi connectivity index (χ1v) is 3.93. The quantitative estimate of drug-likeness (QED) is 0.518. The van der Waals surface area contributed by atoms with Gasteiger partial charge in [-0.05, 0) is 25.9 Å². The summed E-state index contributed by atoms with van der Waals surface area (Å²) in [6.45, 7) is 1.86. The van der Waals surface area contributed by atoms with E-state index in [4.69, 9.17) is 10.5 Å². The average molecular weight is 158 g/mol. The van der Waals surface area contributed by atoms with Crippen LogP contribution in [0.25, 0.3) is 0 Å². The Balaban J connectivity index is 2.19. The summed E-state index contributed by atoms with van der Waals surface area (Å²) in [5.41, 5.74) is 5.10. The molecule has 1 aliphatic heterocycles. The first-order chi connectivity index (χ1) is 5.33. The number of rotatable bonds is 2. The van der Waals surface area contributed by atoms with E-state index in [0.717, 1.165) is 25.9 Å². The molecule has 1 rings (SSSR count). The summed E-state index contributed by atoms with van der Waals surface area (Å²) >= 11 is 0. The largest absolute Gasteiger partial charge is 0.461 e. The number of nitrogens with two attached hydrogens (primary N) is 1. The molecular formula is C7H14N2O2. The van der Waals surface area contributed by atoms with Crippen molar-refractivity contribution in [2.45, 2.75) is 18.9 Å². The lowest BCUT2D eigenvalue weighted by molar-refractivity contribution is -0.148. The Labute approximate surface area is 66.1 Å². The van der Waals surface area contributed by atoms with Gasteiger partial charge in [0.05, 0.1) is 6.54 Å². The SMILES string of the molecule is NCC(=O)OC1CCNCC1. The Morgan fingerprint density at radius 3 is 2.73 bits per heavy atom. The molecular weight excluding hydrogens is 144 g/mol. The fourth-order valence-electron chi connectivity index (χ4n) is 1.15. The number of ether oxygens (including phenoxy) is 1. The van der Waals surface area contributed by atoms with Crippen LogP contribution in [0.5, 0.6) is 0 Å². The highest BCUT2D eigenvalue weighted by atomic mass is 16.5. The maximum Gasteiger partial charge on any atom is 0.319 e. The maximum atomic E-state index is 10.7. The lowest BCUT2D eigenvalue weighted by Gasteiger charge is -2.22. The molecule has 1 saturated heterocycles. The van der Waals surface area contributed by atoms with Crippen molar-refractivity contribution in [2.24, 2.45) is 5.73 Å². The third-order valence-corrected chi connectivity index (χ3v) is 1.75. The van der Waals surface area contributed by atoms with Crippen molar-refractivity contribution in [3.8, 4) is 0 Å². The lowest BCUT2D eigenvalue weighted by atomic mass is 10.1. The van der Waals surface area contributed by atoms with Crippen LogP contribution < -0.4 is 11.1 Å². The van der Waals surface area contributed by atoms with Gasteiger partial charge in [0.15, 0.2) is 0 Å². The molecule has 0 saturated carbocycles. The lowest BCUT2D eigenvalue weighted by Crippen LogP contribution is -2.35. The summed E-state index contributed by atoms with van der Waals surface area (Å²) in [5.74, 6) is -0.295. The van der Waals surface area contributed by atoms with Crippen molar-refractivity contribution in [3.63, 3.8) is 0 Å². The highest BCUT2D eigenvalue weighted by Gasteiger charge is 2.15. The fraction of sp³-hybridized carbons (Fsp3) is 0.857. The number of nitrogens with one attached hydrogen (secondary N) is 1. The van der Waals surface area contributed by atoms with E-state index in [1.807, 2.05) is 0 Å². The van der Waals surface area contributed by atoms with Gasteiger partial charge in [0.1, 0.15) is 6.10 Å². The molecule has 0 aromatic rings. The average Bonchev–Trinajstić information content (AvgIpc) is 2.06. The fourth-order valence-corrected chi connectivity index (χ4v) is 1.15. The molecule has 1 heterocycles. The molecule has 0 atom stereocenters. The second-order valence-electron chi connectivity index (χ2n) is 2.64. The van der Waals surface area contributed by atoms with Crippen LogP contribution in [0.15, 0.2) is 0 Å². The smallest absolute Gasteiger partial charge is 0.319 e. The molecule has 4 nitrogen and oxygen atoms in total. The second kappa shape index (κ2) is 4.31. The van der Waals surface area contributed by atoms with Crippen LogP contribution >= 0.6 is 0 Å². The predicted molar refractivity (Wildman–Crippen MR) is 41.0 cm³/mol. The second-order valence-corrected chi connectivity index (χ2v) is 2.64. The number of esters is 1. The Morgan fingerprint density at radius 2 is 2.18 bits per heavy atom. The molecule has 0 aromatic heterocycles. The monoisotopic (exact) mass is 158 g/mol. The maximum absolute atomic E-state index is 10.7. The standard InChI is InChI=1S/C7H14N2O2/c8-5-7(10)11-6-1-3-9-4-2-6/h6,9H,1-5,8H2. The normalized spacial score (nSPS) is 19.7. The highest BCUT2D eigenvalue weighted by molar-refractivity contribution is 5.71. The molecule has 64 valence electrons. The minimum absolute atomic E-state index is 0.00999. The molecule has 1 aliphatic rings. The topological polar surface area (TPSA) is 64.4 Å². The van der Waals surface area contributed by atoms with Crippen LogP contribution in [-0.4, -0.2) is 31.7 Å². The van der Waals surface area contributed by atoms with E-state index in [-0.39, 0.29) is 18.6 Å². The number of carbonyl (C=O) groups is 1. The van der Waals surface area contributed by atoms with Crippen molar-refractivity contribution in [2.75, 3.05) is 19.6 Å². The molecule has 0 aromatic carbocycles. The molecule has 0 radical (unpaired) electrons. The van der Waals surface area contributed by atoms with Gasteiger partial charge >= 0.3 is 5.97 Å². The number of piperidine rings is 1. The molecule has 0 amide bonds. The van der Waals surface area contributed by atoms with Gasteiger partial charge in [-0.1, -0.05) is 0 Å². The third kappa shape index (κ3) is 2.86. The van der Waals surface area contributed by atoms with Crippen LogP contribution in [0.4, 0.5) is 0 Å². The number of hydrogen-bond donors (Lipinski definition) is 2. The van der Waals surface area contributed by atoms with E-state index in [1.165, 1.54) is 0 Å². The summed E-state index contributed by atoms with van der Waals surface area (Å²) < 4.78 is 5.04. The Bertz CT molecular complexity index is 132. The summed E-state index contributed by atoms with van der Waals surface area (Å²) in [7, 11) is 0. The van der Waals surface area contributed by atoms with Gasteiger partial charge in [-0.3, -0.25) is 4.79 Å². The van der Waals surface area contributed by atoms with E-state index in [0.29, 0.717) is 0 Å². The summed E-state index contributed by atoms with van der Waals surface area (Å²) in [6.07, 6.45) is 1.91. The van der Waals surface area contributed by atoms with Gasteiger partial charge in [-0.2, -0.15) is 0 Å². The van der Waals surface area contributed by atoms with Gasteiger partial charge < -0.3 is 15.8 Å². The van der Waals surface area contributed by atoms with Crippen molar-refractivity contribution in [1.82, 2.24) is 5.32 Å². The van der Waals surface area contributed by atoms with Gasteiger partial charge in [-0.25, -0.2) is 0 Å². The third-order valence-electron chi connectivity index (χ3n) is 1.75. The highest BCUT2D eigenvalue weighted by Crippen LogP contribution is 2.06. The van der Waals surface area contributed by atoms with E-state index >= 15 is 0 Å². The van der Waals surface area contributed by atoms with Crippen molar-refractivity contribution in [1.29, 1.82) is 0 Å². The van der Waals surface area contributed by atoms with Crippen LogP contribution in [0.1, 0.15) is 12.8 Å². The molecule has 0 spiro atoms. The van der Waals surface area contributed by atoms with Gasteiger partial charge in [0.2, 0.25) is 0 Å². The zero-order valence-electron chi connectivity index (χ0n) is 6.51. The van der Waals surface area contributed by atoms with Gasteiger partial charge in [-0.15, -0.1) is 0 Å². The molecule has 0 unspecified atom stereocenters. The zero-order chi connectivity index (χ0) is 8.10. The van der Waals surface area contributed by atoms with Crippen molar-refractivity contribution in [3.05, 3.63) is 0 Å². The van der Waals surface area contributed by atoms with E-state index in [2.05, 4.69) is 5.32 Å². The zero-order valence-corrected chi connectivity index (χ0v) is 6.51. The van der Waals surface area contributed by atoms with Gasteiger partial charge in [0, 0.05) is 0 Å². The first-order valence-electron chi connectivity index (χ1n) is 3.93. The molecule has 0 aliphatic carbocycles. The van der Waals surface area contributed by atoms with Crippen LogP contribution in [0, 0.1) is 0 Å². The van der Waals surface area contributed by atoms with Gasteiger partial charge in [0.25, 0.3) is 0 Å². The summed E-state index contributed by atoms with van der Waals surface area (Å²) in [4.78, 5) is 10.7. The van der Waals surface area contributed by atoms with Crippen molar-refractivity contribution < 1.29 is 9.53 Å². The molecule has 3 N–H and O–H groups in total. The van der Waals surface area contributed by atoms with E-state index in [1.54, 1.807) is 0 Å². The molecule has 0 bridgehead atoms. The van der Waals surface area contributed by atoms with E-state index < -0.39 is 0 Å². The summed E-state index contributed by atoms with van der Waals surface area (Å²) in [6, 6.07) is 0. The molecule has 4 heteroatoms. The molecule has 11 heavy (non-hydrogen) atoms. The van der Waals surface area contributed by atoms with Crippen LogP contribution in [-0.2, 0) is 9.53 Å². The summed E-state index contributed by atoms with van der Waals surface area (Å²) in [5, 5.41) is 3.18. The van der Waals surface area contributed by atoms with Crippen molar-refractivity contribution >= 4 is 5.97 Å². The minimum atomic E-state index is -0.295.